The van der Waals surface area contributed by atoms with E-state index in [1.807, 2.05) is 20.8 Å². The third kappa shape index (κ3) is 5.74. The van der Waals surface area contributed by atoms with Crippen LogP contribution in [-0.4, -0.2) is 24.1 Å². The maximum absolute atomic E-state index is 11.3. The highest BCUT2D eigenvalue weighted by Gasteiger charge is 2.16. The number of hydrogen-bond donors (Lipinski definition) is 2. The van der Waals surface area contributed by atoms with Crippen molar-refractivity contribution in [3.8, 4) is 0 Å². The molecule has 0 atom stereocenters. The molecular formula is C11H22N2O2. The summed E-state index contributed by atoms with van der Waals surface area (Å²) in [6.45, 7) is 6.05. The molecular weight excluding hydrogens is 192 g/mol. The lowest BCUT2D eigenvalue weighted by Gasteiger charge is -2.19. The average molecular weight is 214 g/mol. The lowest BCUT2D eigenvalue weighted by molar-refractivity contribution is -0.144. The van der Waals surface area contributed by atoms with Crippen LogP contribution in [-0.2, 0) is 9.63 Å². The SMILES string of the molecule is CC(C)(C)ONC(=O)CNC1CCCC1. The van der Waals surface area contributed by atoms with Gasteiger partial charge in [-0.3, -0.25) is 9.63 Å². The Balaban J connectivity index is 2.08. The summed E-state index contributed by atoms with van der Waals surface area (Å²) in [5.74, 6) is -0.100. The highest BCUT2D eigenvalue weighted by atomic mass is 16.7. The van der Waals surface area contributed by atoms with Crippen molar-refractivity contribution < 1.29 is 9.63 Å². The number of carbonyl (C=O) groups excluding carboxylic acids is 1. The molecule has 0 unspecified atom stereocenters. The van der Waals surface area contributed by atoms with Crippen LogP contribution in [0.3, 0.4) is 0 Å². The minimum atomic E-state index is -0.330. The summed E-state index contributed by atoms with van der Waals surface area (Å²) in [5, 5.41) is 3.23. The van der Waals surface area contributed by atoms with Gasteiger partial charge in [-0.15, -0.1) is 0 Å². The van der Waals surface area contributed by atoms with Gasteiger partial charge in [-0.25, -0.2) is 5.48 Å². The van der Waals surface area contributed by atoms with Gasteiger partial charge in [-0.1, -0.05) is 12.8 Å². The van der Waals surface area contributed by atoms with Crippen molar-refractivity contribution in [2.75, 3.05) is 6.54 Å². The molecule has 4 nitrogen and oxygen atoms in total. The van der Waals surface area contributed by atoms with E-state index in [4.69, 9.17) is 4.84 Å². The number of amides is 1. The number of hydrogen-bond acceptors (Lipinski definition) is 3. The Morgan fingerprint density at radius 2 is 1.93 bits per heavy atom. The number of carbonyl (C=O) groups is 1. The topological polar surface area (TPSA) is 50.4 Å². The Labute approximate surface area is 91.7 Å². The molecule has 88 valence electrons. The van der Waals surface area contributed by atoms with Crippen LogP contribution in [0.25, 0.3) is 0 Å². The van der Waals surface area contributed by atoms with Crippen LogP contribution in [0.4, 0.5) is 0 Å². The number of nitrogens with one attached hydrogen (secondary N) is 2. The summed E-state index contributed by atoms with van der Waals surface area (Å²) in [6, 6.07) is 0.519. The van der Waals surface area contributed by atoms with Crippen LogP contribution in [0, 0.1) is 0 Å². The maximum atomic E-state index is 11.3. The van der Waals surface area contributed by atoms with Gasteiger partial charge in [0.05, 0.1) is 12.1 Å². The van der Waals surface area contributed by atoms with E-state index in [1.165, 1.54) is 25.7 Å². The molecule has 0 radical (unpaired) electrons. The van der Waals surface area contributed by atoms with Crippen molar-refractivity contribution in [3.63, 3.8) is 0 Å². The van der Waals surface area contributed by atoms with Gasteiger partial charge in [0.2, 0.25) is 0 Å². The van der Waals surface area contributed by atoms with Gasteiger partial charge in [0.1, 0.15) is 0 Å². The van der Waals surface area contributed by atoms with E-state index in [0.717, 1.165) is 0 Å². The largest absolute Gasteiger partial charge is 0.306 e. The van der Waals surface area contributed by atoms with Crippen LogP contribution in [0.1, 0.15) is 46.5 Å². The quantitative estimate of drug-likeness (QED) is 0.695. The third-order valence-corrected chi connectivity index (χ3v) is 2.38. The minimum Gasteiger partial charge on any atom is -0.306 e. The molecule has 15 heavy (non-hydrogen) atoms. The summed E-state index contributed by atoms with van der Waals surface area (Å²) >= 11 is 0. The fourth-order valence-corrected chi connectivity index (χ4v) is 1.61. The molecule has 0 aromatic carbocycles. The van der Waals surface area contributed by atoms with Crippen molar-refractivity contribution in [2.24, 2.45) is 0 Å². The monoisotopic (exact) mass is 214 g/mol. The van der Waals surface area contributed by atoms with E-state index in [9.17, 15) is 4.79 Å². The standard InChI is InChI=1S/C11H22N2O2/c1-11(2,3)15-13-10(14)8-12-9-6-4-5-7-9/h9,12H,4-8H2,1-3H3,(H,13,14). The van der Waals surface area contributed by atoms with E-state index in [0.29, 0.717) is 12.6 Å². The van der Waals surface area contributed by atoms with Gasteiger partial charge in [-0.2, -0.15) is 0 Å². The van der Waals surface area contributed by atoms with Gasteiger partial charge in [0, 0.05) is 6.04 Å². The van der Waals surface area contributed by atoms with Crippen LogP contribution in [0.5, 0.6) is 0 Å². The fraction of sp³-hybridized carbons (Fsp3) is 0.909. The molecule has 1 aliphatic carbocycles. The Kier molecular flexibility index (Phi) is 4.54. The summed E-state index contributed by atoms with van der Waals surface area (Å²) in [4.78, 5) is 16.5. The summed E-state index contributed by atoms with van der Waals surface area (Å²) in [7, 11) is 0. The molecule has 0 aromatic rings. The van der Waals surface area contributed by atoms with Crippen molar-refractivity contribution in [2.45, 2.75) is 58.1 Å². The van der Waals surface area contributed by atoms with Crippen molar-refractivity contribution in [1.29, 1.82) is 0 Å². The molecule has 1 rings (SSSR count). The van der Waals surface area contributed by atoms with E-state index in [1.54, 1.807) is 0 Å². The molecule has 1 amide bonds. The lowest BCUT2D eigenvalue weighted by Crippen LogP contribution is -2.41. The second-order valence-electron chi connectivity index (χ2n) is 5.10. The van der Waals surface area contributed by atoms with Crippen LogP contribution in [0.2, 0.25) is 0 Å². The zero-order chi connectivity index (χ0) is 11.3. The smallest absolute Gasteiger partial charge is 0.257 e. The van der Waals surface area contributed by atoms with Crippen molar-refractivity contribution in [3.05, 3.63) is 0 Å². The fourth-order valence-electron chi connectivity index (χ4n) is 1.61. The first-order chi connectivity index (χ1) is 6.97. The van der Waals surface area contributed by atoms with Gasteiger partial charge in [0.15, 0.2) is 0 Å². The van der Waals surface area contributed by atoms with Crippen LogP contribution >= 0.6 is 0 Å². The Bertz CT molecular complexity index is 205. The molecule has 1 fully saturated rings. The zero-order valence-corrected chi connectivity index (χ0v) is 9.93. The zero-order valence-electron chi connectivity index (χ0n) is 9.93. The summed E-state index contributed by atoms with van der Waals surface area (Å²) in [5.41, 5.74) is 2.11. The second-order valence-corrected chi connectivity index (χ2v) is 5.10. The van der Waals surface area contributed by atoms with Crippen molar-refractivity contribution >= 4 is 5.91 Å². The molecule has 0 bridgehead atoms. The Morgan fingerprint density at radius 3 is 2.47 bits per heavy atom. The predicted molar refractivity (Wildman–Crippen MR) is 59.2 cm³/mol. The lowest BCUT2D eigenvalue weighted by atomic mass is 10.2. The minimum absolute atomic E-state index is 0.100. The molecule has 0 aromatic heterocycles. The van der Waals surface area contributed by atoms with Crippen LogP contribution < -0.4 is 10.8 Å². The number of hydroxylamine groups is 1. The second kappa shape index (κ2) is 5.47. The highest BCUT2D eigenvalue weighted by molar-refractivity contribution is 5.76. The Hall–Kier alpha value is -0.610. The van der Waals surface area contributed by atoms with Gasteiger partial charge >= 0.3 is 0 Å². The van der Waals surface area contributed by atoms with E-state index in [-0.39, 0.29) is 11.5 Å². The molecule has 2 N–H and O–H groups in total. The molecule has 1 aliphatic rings. The first kappa shape index (κ1) is 12.5. The third-order valence-electron chi connectivity index (χ3n) is 2.38. The van der Waals surface area contributed by atoms with Gasteiger partial charge in [-0.05, 0) is 33.6 Å². The van der Waals surface area contributed by atoms with E-state index >= 15 is 0 Å². The van der Waals surface area contributed by atoms with Crippen molar-refractivity contribution in [1.82, 2.24) is 10.8 Å². The molecule has 1 saturated carbocycles. The maximum Gasteiger partial charge on any atom is 0.257 e. The van der Waals surface area contributed by atoms with E-state index in [2.05, 4.69) is 10.8 Å². The van der Waals surface area contributed by atoms with Gasteiger partial charge < -0.3 is 5.32 Å². The molecule has 0 spiro atoms. The predicted octanol–water partition coefficient (Wildman–Crippen LogP) is 1.36. The average Bonchev–Trinajstić information content (AvgIpc) is 2.62. The number of rotatable bonds is 4. The molecule has 0 aliphatic heterocycles. The van der Waals surface area contributed by atoms with E-state index < -0.39 is 0 Å². The van der Waals surface area contributed by atoms with Crippen LogP contribution in [0.15, 0.2) is 0 Å². The van der Waals surface area contributed by atoms with Gasteiger partial charge in [0.25, 0.3) is 5.91 Å². The normalized spacial score (nSPS) is 18.1. The summed E-state index contributed by atoms with van der Waals surface area (Å²) < 4.78 is 0. The Morgan fingerprint density at radius 1 is 1.33 bits per heavy atom. The molecule has 0 heterocycles. The summed E-state index contributed by atoms with van der Waals surface area (Å²) in [6.07, 6.45) is 4.93. The first-order valence-corrected chi connectivity index (χ1v) is 5.67. The molecule has 0 saturated heterocycles. The highest BCUT2D eigenvalue weighted by Crippen LogP contribution is 2.17. The first-order valence-electron chi connectivity index (χ1n) is 5.67. The molecule has 4 heteroatoms.